The standard InChI is InChI=1S/C13H19NO2/c1-3-14-12-7-8-16-13-6-5-10(15-4-2)9-11(12)13/h5-6,9,12,14H,3-4,7-8H2,1-2H3. The van der Waals surface area contributed by atoms with E-state index in [2.05, 4.69) is 18.3 Å². The van der Waals surface area contributed by atoms with Gasteiger partial charge in [-0.2, -0.15) is 0 Å². The monoisotopic (exact) mass is 221 g/mol. The molecule has 0 saturated heterocycles. The van der Waals surface area contributed by atoms with Crippen molar-refractivity contribution < 1.29 is 9.47 Å². The summed E-state index contributed by atoms with van der Waals surface area (Å²) in [6.45, 7) is 6.59. The first-order valence-electron chi connectivity index (χ1n) is 5.98. The van der Waals surface area contributed by atoms with Crippen molar-refractivity contribution >= 4 is 0 Å². The molecule has 1 aromatic rings. The van der Waals surface area contributed by atoms with E-state index in [4.69, 9.17) is 9.47 Å². The third kappa shape index (κ3) is 2.30. The van der Waals surface area contributed by atoms with E-state index in [1.807, 2.05) is 19.1 Å². The third-order valence-electron chi connectivity index (χ3n) is 2.78. The largest absolute Gasteiger partial charge is 0.494 e. The average Bonchev–Trinajstić information content (AvgIpc) is 2.31. The molecular weight excluding hydrogens is 202 g/mol. The second kappa shape index (κ2) is 5.21. The Labute approximate surface area is 96.8 Å². The zero-order chi connectivity index (χ0) is 11.4. The Morgan fingerprint density at radius 1 is 1.44 bits per heavy atom. The van der Waals surface area contributed by atoms with Crippen molar-refractivity contribution in [3.63, 3.8) is 0 Å². The Morgan fingerprint density at radius 2 is 2.31 bits per heavy atom. The number of benzene rings is 1. The van der Waals surface area contributed by atoms with Gasteiger partial charge in [0.2, 0.25) is 0 Å². The molecule has 0 saturated carbocycles. The van der Waals surface area contributed by atoms with Crippen LogP contribution in [0, 0.1) is 0 Å². The van der Waals surface area contributed by atoms with Crippen LogP contribution in [0.4, 0.5) is 0 Å². The predicted molar refractivity (Wildman–Crippen MR) is 64.1 cm³/mol. The number of rotatable bonds is 4. The summed E-state index contributed by atoms with van der Waals surface area (Å²) in [6, 6.07) is 6.46. The summed E-state index contributed by atoms with van der Waals surface area (Å²) in [5.41, 5.74) is 1.22. The molecule has 1 atom stereocenters. The number of hydrogen-bond acceptors (Lipinski definition) is 3. The van der Waals surface area contributed by atoms with Gasteiger partial charge in [-0.15, -0.1) is 0 Å². The molecule has 88 valence electrons. The molecule has 1 unspecified atom stereocenters. The fourth-order valence-corrected chi connectivity index (χ4v) is 2.09. The molecule has 1 aliphatic heterocycles. The number of ether oxygens (including phenoxy) is 2. The second-order valence-corrected chi connectivity index (χ2v) is 3.88. The molecule has 1 N–H and O–H groups in total. The molecule has 16 heavy (non-hydrogen) atoms. The van der Waals surface area contributed by atoms with Crippen LogP contribution in [0.3, 0.4) is 0 Å². The maximum atomic E-state index is 5.64. The lowest BCUT2D eigenvalue weighted by atomic mass is 10.0. The fourth-order valence-electron chi connectivity index (χ4n) is 2.09. The van der Waals surface area contributed by atoms with Gasteiger partial charge in [0, 0.05) is 18.0 Å². The van der Waals surface area contributed by atoms with Gasteiger partial charge in [0.1, 0.15) is 11.5 Å². The molecule has 0 bridgehead atoms. The molecule has 3 heteroatoms. The Kier molecular flexibility index (Phi) is 3.67. The van der Waals surface area contributed by atoms with Crippen molar-refractivity contribution in [2.75, 3.05) is 19.8 Å². The highest BCUT2D eigenvalue weighted by Gasteiger charge is 2.20. The van der Waals surface area contributed by atoms with Crippen molar-refractivity contribution in [2.24, 2.45) is 0 Å². The Hall–Kier alpha value is -1.22. The first-order chi connectivity index (χ1) is 7.85. The molecule has 2 rings (SSSR count). The van der Waals surface area contributed by atoms with Crippen molar-refractivity contribution in [3.05, 3.63) is 23.8 Å². The van der Waals surface area contributed by atoms with Crippen LogP contribution < -0.4 is 14.8 Å². The normalized spacial score (nSPS) is 18.8. The van der Waals surface area contributed by atoms with Crippen LogP contribution in [-0.2, 0) is 0 Å². The molecule has 0 aliphatic carbocycles. The lowest BCUT2D eigenvalue weighted by Gasteiger charge is -2.26. The maximum absolute atomic E-state index is 5.64. The van der Waals surface area contributed by atoms with Gasteiger partial charge in [-0.1, -0.05) is 6.92 Å². The minimum Gasteiger partial charge on any atom is -0.494 e. The Bertz CT molecular complexity index is 352. The number of hydrogen-bond donors (Lipinski definition) is 1. The van der Waals surface area contributed by atoms with Gasteiger partial charge >= 0.3 is 0 Å². The molecule has 0 spiro atoms. The van der Waals surface area contributed by atoms with Crippen molar-refractivity contribution in [1.29, 1.82) is 0 Å². The minimum absolute atomic E-state index is 0.397. The number of nitrogens with one attached hydrogen (secondary N) is 1. The van der Waals surface area contributed by atoms with Crippen molar-refractivity contribution in [1.82, 2.24) is 5.32 Å². The first kappa shape index (κ1) is 11.3. The van der Waals surface area contributed by atoms with Crippen LogP contribution >= 0.6 is 0 Å². The van der Waals surface area contributed by atoms with Gasteiger partial charge in [-0.05, 0) is 31.7 Å². The topological polar surface area (TPSA) is 30.5 Å². The second-order valence-electron chi connectivity index (χ2n) is 3.88. The first-order valence-corrected chi connectivity index (χ1v) is 5.98. The zero-order valence-electron chi connectivity index (χ0n) is 9.95. The van der Waals surface area contributed by atoms with Crippen molar-refractivity contribution in [2.45, 2.75) is 26.3 Å². The zero-order valence-corrected chi connectivity index (χ0v) is 9.95. The van der Waals surface area contributed by atoms with Gasteiger partial charge in [-0.25, -0.2) is 0 Å². The van der Waals surface area contributed by atoms with Crippen LogP contribution in [0.1, 0.15) is 31.9 Å². The summed E-state index contributed by atoms with van der Waals surface area (Å²) in [4.78, 5) is 0. The van der Waals surface area contributed by atoms with Crippen LogP contribution in [0.2, 0.25) is 0 Å². The van der Waals surface area contributed by atoms with Gasteiger partial charge in [0.25, 0.3) is 0 Å². The van der Waals surface area contributed by atoms with E-state index in [0.717, 1.165) is 31.1 Å². The molecule has 0 aromatic heterocycles. The molecule has 0 radical (unpaired) electrons. The molecule has 1 aromatic carbocycles. The van der Waals surface area contributed by atoms with Crippen molar-refractivity contribution in [3.8, 4) is 11.5 Å². The van der Waals surface area contributed by atoms with E-state index in [-0.39, 0.29) is 0 Å². The van der Waals surface area contributed by atoms with Crippen LogP contribution in [0.25, 0.3) is 0 Å². The van der Waals surface area contributed by atoms with E-state index >= 15 is 0 Å². The lowest BCUT2D eigenvalue weighted by molar-refractivity contribution is 0.252. The molecule has 1 heterocycles. The fraction of sp³-hybridized carbons (Fsp3) is 0.538. The van der Waals surface area contributed by atoms with E-state index < -0.39 is 0 Å². The Balaban J connectivity index is 2.25. The van der Waals surface area contributed by atoms with Gasteiger partial charge in [0.05, 0.1) is 13.2 Å². The van der Waals surface area contributed by atoms with Gasteiger partial charge in [0.15, 0.2) is 0 Å². The highest BCUT2D eigenvalue weighted by molar-refractivity contribution is 5.43. The summed E-state index contributed by atoms with van der Waals surface area (Å²) in [5.74, 6) is 1.91. The molecule has 1 aliphatic rings. The SMILES string of the molecule is CCNC1CCOc2ccc(OCC)cc21. The summed E-state index contributed by atoms with van der Waals surface area (Å²) in [6.07, 6.45) is 1.02. The third-order valence-corrected chi connectivity index (χ3v) is 2.78. The van der Waals surface area contributed by atoms with Gasteiger partial charge in [-0.3, -0.25) is 0 Å². The average molecular weight is 221 g/mol. The van der Waals surface area contributed by atoms with E-state index in [0.29, 0.717) is 12.6 Å². The highest BCUT2D eigenvalue weighted by atomic mass is 16.5. The smallest absolute Gasteiger partial charge is 0.124 e. The summed E-state index contributed by atoms with van der Waals surface area (Å²) in [5, 5.41) is 3.47. The van der Waals surface area contributed by atoms with E-state index in [9.17, 15) is 0 Å². The lowest BCUT2D eigenvalue weighted by Crippen LogP contribution is -2.26. The quantitative estimate of drug-likeness (QED) is 0.847. The number of fused-ring (bicyclic) bond motifs is 1. The summed E-state index contributed by atoms with van der Waals surface area (Å²) < 4.78 is 11.2. The van der Waals surface area contributed by atoms with Crippen LogP contribution in [0.15, 0.2) is 18.2 Å². The van der Waals surface area contributed by atoms with E-state index in [1.165, 1.54) is 5.56 Å². The molecule has 3 nitrogen and oxygen atoms in total. The summed E-state index contributed by atoms with van der Waals surface area (Å²) >= 11 is 0. The molecule has 0 amide bonds. The molecule has 0 fully saturated rings. The molecular formula is C13H19NO2. The highest BCUT2D eigenvalue weighted by Crippen LogP contribution is 2.34. The minimum atomic E-state index is 0.397. The van der Waals surface area contributed by atoms with Gasteiger partial charge < -0.3 is 14.8 Å². The van der Waals surface area contributed by atoms with Crippen LogP contribution in [0.5, 0.6) is 11.5 Å². The summed E-state index contributed by atoms with van der Waals surface area (Å²) in [7, 11) is 0. The maximum Gasteiger partial charge on any atom is 0.124 e. The predicted octanol–water partition coefficient (Wildman–Crippen LogP) is 2.52. The van der Waals surface area contributed by atoms with E-state index in [1.54, 1.807) is 0 Å². The Morgan fingerprint density at radius 3 is 3.06 bits per heavy atom. The van der Waals surface area contributed by atoms with Crippen LogP contribution in [-0.4, -0.2) is 19.8 Å².